The minimum atomic E-state index is -0.480. The Morgan fingerprint density at radius 1 is 0.964 bits per heavy atom. The molecule has 0 bridgehead atoms. The molecule has 0 atom stereocenters. The van der Waals surface area contributed by atoms with Gasteiger partial charge in [-0.1, -0.05) is 58.4 Å². The van der Waals surface area contributed by atoms with Gasteiger partial charge in [-0.2, -0.15) is 0 Å². The maximum Gasteiger partial charge on any atom is 0.291 e. The molecule has 0 spiro atoms. The summed E-state index contributed by atoms with van der Waals surface area (Å²) >= 11 is 3.38. The van der Waals surface area contributed by atoms with Crippen LogP contribution in [-0.4, -0.2) is 18.4 Å². The second-order valence-electron chi connectivity index (χ2n) is 6.03. The summed E-state index contributed by atoms with van der Waals surface area (Å²) in [6.07, 6.45) is 3.74. The van der Waals surface area contributed by atoms with Gasteiger partial charge < -0.3 is 15.1 Å². The van der Waals surface area contributed by atoms with Crippen LogP contribution < -0.4 is 10.6 Å². The summed E-state index contributed by atoms with van der Waals surface area (Å²) < 4.78 is 6.03. The van der Waals surface area contributed by atoms with E-state index in [0.717, 1.165) is 15.6 Å². The molecule has 28 heavy (non-hydrogen) atoms. The Kier molecular flexibility index (Phi) is 6.81. The van der Waals surface area contributed by atoms with Crippen LogP contribution in [0.5, 0.6) is 0 Å². The van der Waals surface area contributed by atoms with Crippen LogP contribution in [0.15, 0.2) is 87.6 Å². The van der Waals surface area contributed by atoms with E-state index in [9.17, 15) is 9.59 Å². The average Bonchev–Trinajstić information content (AvgIpc) is 3.25. The molecule has 0 fully saturated rings. The Bertz CT molecular complexity index is 949. The molecule has 6 heteroatoms. The Balaban J connectivity index is 1.71. The summed E-state index contributed by atoms with van der Waals surface area (Å²) in [5.74, 6) is -0.705. The number of halogens is 1. The number of amides is 2. The van der Waals surface area contributed by atoms with Gasteiger partial charge in [0.1, 0.15) is 5.70 Å². The third-order valence-corrected chi connectivity index (χ3v) is 4.49. The van der Waals surface area contributed by atoms with Crippen molar-refractivity contribution in [3.05, 3.63) is 100 Å². The third-order valence-electron chi connectivity index (χ3n) is 3.96. The van der Waals surface area contributed by atoms with Crippen LogP contribution >= 0.6 is 15.9 Å². The number of carbonyl (C=O) groups is 2. The monoisotopic (exact) mass is 438 g/mol. The Morgan fingerprint density at radius 3 is 2.39 bits per heavy atom. The number of hydrogen-bond acceptors (Lipinski definition) is 3. The summed E-state index contributed by atoms with van der Waals surface area (Å²) in [4.78, 5) is 25.0. The highest BCUT2D eigenvalue weighted by Crippen LogP contribution is 2.13. The lowest BCUT2D eigenvalue weighted by Crippen LogP contribution is -2.35. The van der Waals surface area contributed by atoms with Crippen molar-refractivity contribution < 1.29 is 14.0 Å². The van der Waals surface area contributed by atoms with Crippen LogP contribution in [-0.2, 0) is 11.2 Å². The van der Waals surface area contributed by atoms with E-state index < -0.39 is 5.91 Å². The first kappa shape index (κ1) is 19.6. The quantitative estimate of drug-likeness (QED) is 0.543. The second-order valence-corrected chi connectivity index (χ2v) is 6.95. The Morgan fingerprint density at radius 2 is 1.71 bits per heavy atom. The van der Waals surface area contributed by atoms with E-state index in [2.05, 4.69) is 26.6 Å². The number of carbonyl (C=O) groups excluding carboxylic acids is 2. The maximum absolute atomic E-state index is 12.7. The van der Waals surface area contributed by atoms with Crippen molar-refractivity contribution in [2.75, 3.05) is 6.54 Å². The van der Waals surface area contributed by atoms with E-state index >= 15 is 0 Å². The molecule has 2 amide bonds. The average molecular weight is 439 g/mol. The molecule has 5 nitrogen and oxygen atoms in total. The second kappa shape index (κ2) is 9.71. The smallest absolute Gasteiger partial charge is 0.291 e. The highest BCUT2D eigenvalue weighted by atomic mass is 79.9. The third kappa shape index (κ3) is 5.69. The molecule has 2 aromatic carbocycles. The normalized spacial score (nSPS) is 11.1. The molecule has 2 N–H and O–H groups in total. The van der Waals surface area contributed by atoms with Crippen molar-refractivity contribution in [1.82, 2.24) is 10.6 Å². The number of furan rings is 1. The first-order valence-corrected chi connectivity index (χ1v) is 9.55. The summed E-state index contributed by atoms with van der Waals surface area (Å²) in [5.41, 5.74) is 2.06. The Hall–Kier alpha value is -3.12. The summed E-state index contributed by atoms with van der Waals surface area (Å²) in [7, 11) is 0. The van der Waals surface area contributed by atoms with E-state index in [1.807, 2.05) is 54.6 Å². The number of benzene rings is 2. The topological polar surface area (TPSA) is 71.3 Å². The largest absolute Gasteiger partial charge is 0.459 e. The minimum absolute atomic E-state index is 0.138. The van der Waals surface area contributed by atoms with Crippen molar-refractivity contribution >= 4 is 33.8 Å². The maximum atomic E-state index is 12.7. The van der Waals surface area contributed by atoms with Crippen molar-refractivity contribution in [3.8, 4) is 0 Å². The summed E-state index contributed by atoms with van der Waals surface area (Å²) in [6, 6.07) is 20.5. The van der Waals surface area contributed by atoms with Gasteiger partial charge in [-0.15, -0.1) is 0 Å². The van der Waals surface area contributed by atoms with Gasteiger partial charge in [0, 0.05) is 11.0 Å². The zero-order valence-electron chi connectivity index (χ0n) is 15.0. The molecule has 0 aliphatic rings. The fourth-order valence-corrected chi connectivity index (χ4v) is 2.80. The molecular formula is C22H19BrN2O3. The van der Waals surface area contributed by atoms with Gasteiger partial charge >= 0.3 is 0 Å². The van der Waals surface area contributed by atoms with Gasteiger partial charge in [0.05, 0.1) is 6.26 Å². The van der Waals surface area contributed by atoms with E-state index in [1.165, 1.54) is 6.26 Å². The highest BCUT2D eigenvalue weighted by molar-refractivity contribution is 9.10. The number of hydrogen-bond donors (Lipinski definition) is 2. The van der Waals surface area contributed by atoms with Gasteiger partial charge in [-0.3, -0.25) is 9.59 Å². The zero-order valence-corrected chi connectivity index (χ0v) is 16.6. The first-order valence-electron chi connectivity index (χ1n) is 8.76. The van der Waals surface area contributed by atoms with Crippen LogP contribution in [0.4, 0.5) is 0 Å². The molecule has 3 rings (SSSR count). The number of rotatable bonds is 7. The molecule has 3 aromatic rings. The number of nitrogens with one attached hydrogen (secondary N) is 2. The summed E-state index contributed by atoms with van der Waals surface area (Å²) in [6.45, 7) is 0.456. The molecule has 0 aliphatic heterocycles. The zero-order chi connectivity index (χ0) is 19.8. The van der Waals surface area contributed by atoms with E-state index in [0.29, 0.717) is 13.0 Å². The van der Waals surface area contributed by atoms with Gasteiger partial charge in [0.25, 0.3) is 11.8 Å². The lowest BCUT2D eigenvalue weighted by molar-refractivity contribution is -0.117. The van der Waals surface area contributed by atoms with Gasteiger partial charge in [0.2, 0.25) is 0 Å². The lowest BCUT2D eigenvalue weighted by atomic mass is 10.1. The van der Waals surface area contributed by atoms with Crippen molar-refractivity contribution in [3.63, 3.8) is 0 Å². The van der Waals surface area contributed by atoms with Crippen molar-refractivity contribution in [2.45, 2.75) is 6.42 Å². The van der Waals surface area contributed by atoms with E-state index in [1.54, 1.807) is 18.2 Å². The van der Waals surface area contributed by atoms with Crippen molar-refractivity contribution in [2.24, 2.45) is 0 Å². The van der Waals surface area contributed by atoms with Crippen LogP contribution in [0.3, 0.4) is 0 Å². The van der Waals surface area contributed by atoms with Gasteiger partial charge in [-0.05, 0) is 47.9 Å². The molecule has 0 saturated carbocycles. The van der Waals surface area contributed by atoms with E-state index in [4.69, 9.17) is 4.42 Å². The molecule has 1 heterocycles. The molecule has 142 valence electrons. The van der Waals surface area contributed by atoms with Crippen molar-refractivity contribution in [1.29, 1.82) is 0 Å². The Labute approximate surface area is 171 Å². The van der Waals surface area contributed by atoms with Crippen LogP contribution in [0.2, 0.25) is 0 Å². The minimum Gasteiger partial charge on any atom is -0.459 e. The molecule has 0 unspecified atom stereocenters. The molecule has 0 radical (unpaired) electrons. The van der Waals surface area contributed by atoms with Crippen LogP contribution in [0.25, 0.3) is 6.08 Å². The summed E-state index contributed by atoms with van der Waals surface area (Å²) in [5, 5.41) is 5.49. The van der Waals surface area contributed by atoms with Gasteiger partial charge in [-0.25, -0.2) is 0 Å². The highest BCUT2D eigenvalue weighted by Gasteiger charge is 2.16. The van der Waals surface area contributed by atoms with Gasteiger partial charge in [0.15, 0.2) is 5.76 Å². The molecule has 0 aliphatic carbocycles. The predicted octanol–water partition coefficient (Wildman–Crippen LogP) is 4.17. The van der Waals surface area contributed by atoms with Crippen LogP contribution in [0.1, 0.15) is 21.7 Å². The molecular weight excluding hydrogens is 420 g/mol. The lowest BCUT2D eigenvalue weighted by Gasteiger charge is -2.10. The fraction of sp³-hybridized carbons (Fsp3) is 0.0909. The fourth-order valence-electron chi connectivity index (χ4n) is 2.54. The standard InChI is InChI=1S/C22H19BrN2O3/c23-18-10-8-17(9-11-18)15-19(25-22(27)20-7-4-14-28-20)21(26)24-13-12-16-5-2-1-3-6-16/h1-11,14-15H,12-13H2,(H,24,26)(H,25,27). The van der Waals surface area contributed by atoms with Crippen LogP contribution in [0, 0.1) is 0 Å². The first-order chi connectivity index (χ1) is 13.6. The van der Waals surface area contributed by atoms with E-state index in [-0.39, 0.29) is 17.4 Å². The SMILES string of the molecule is O=C(NCCc1ccccc1)C(=Cc1ccc(Br)cc1)NC(=O)c1ccco1. The predicted molar refractivity (Wildman–Crippen MR) is 111 cm³/mol. The molecule has 0 saturated heterocycles. The molecule has 1 aromatic heterocycles.